The first-order chi connectivity index (χ1) is 9.84. The van der Waals surface area contributed by atoms with E-state index in [-0.39, 0.29) is 24.3 Å². The Kier molecular flexibility index (Phi) is 2.54. The van der Waals surface area contributed by atoms with Gasteiger partial charge in [0.05, 0.1) is 11.7 Å². The zero-order chi connectivity index (χ0) is 15.1. The predicted molar refractivity (Wildman–Crippen MR) is 73.2 cm³/mol. The first kappa shape index (κ1) is 14.0. The minimum atomic E-state index is -0.829. The van der Waals surface area contributed by atoms with Gasteiger partial charge in [-0.3, -0.25) is 4.79 Å². The molecule has 1 saturated heterocycles. The smallest absolute Gasteiger partial charge is 0.318 e. The van der Waals surface area contributed by atoms with Crippen LogP contribution < -0.4 is 0 Å². The Morgan fingerprint density at radius 3 is 2.81 bits per heavy atom. The Bertz CT molecular complexity index is 503. The van der Waals surface area contributed by atoms with Crippen molar-refractivity contribution in [3.63, 3.8) is 0 Å². The number of esters is 1. The van der Waals surface area contributed by atoms with Gasteiger partial charge in [0.25, 0.3) is 0 Å². The molecular formula is C16H24O5. The Morgan fingerprint density at radius 2 is 2.10 bits per heavy atom. The first-order valence-electron chi connectivity index (χ1n) is 7.88. The number of carbonyl (C=O) groups is 1. The normalized spacial score (nSPS) is 52.9. The van der Waals surface area contributed by atoms with E-state index in [0.717, 1.165) is 19.3 Å². The third kappa shape index (κ3) is 1.25. The average Bonchev–Trinajstić information content (AvgIpc) is 2.81. The van der Waals surface area contributed by atoms with E-state index in [4.69, 9.17) is 18.9 Å². The van der Waals surface area contributed by atoms with Crippen molar-refractivity contribution in [1.29, 1.82) is 0 Å². The van der Waals surface area contributed by atoms with Crippen LogP contribution in [0.15, 0.2) is 0 Å². The molecule has 0 aromatic heterocycles. The molecule has 1 aliphatic heterocycles. The number of rotatable bonds is 3. The van der Waals surface area contributed by atoms with Crippen molar-refractivity contribution in [3.8, 4) is 0 Å². The number of carbonyl (C=O) groups excluding carboxylic acids is 1. The van der Waals surface area contributed by atoms with Crippen LogP contribution in [-0.2, 0) is 23.7 Å². The van der Waals surface area contributed by atoms with Crippen molar-refractivity contribution in [2.24, 2.45) is 16.7 Å². The van der Waals surface area contributed by atoms with Gasteiger partial charge in [0, 0.05) is 26.4 Å². The second-order valence-corrected chi connectivity index (χ2v) is 7.65. The van der Waals surface area contributed by atoms with Gasteiger partial charge in [-0.05, 0) is 32.1 Å². The van der Waals surface area contributed by atoms with Crippen LogP contribution in [0.3, 0.4) is 0 Å². The van der Waals surface area contributed by atoms with Gasteiger partial charge in [-0.15, -0.1) is 0 Å². The highest BCUT2D eigenvalue weighted by Gasteiger charge is 2.93. The van der Waals surface area contributed by atoms with Crippen molar-refractivity contribution in [3.05, 3.63) is 0 Å². The van der Waals surface area contributed by atoms with Crippen LogP contribution in [0.5, 0.6) is 0 Å². The SMILES string of the molecule is COCOC1C[C@]23C(=O)OC(C)(C)O[C@@]2(C)[C@H]2CCC[C@]123. The standard InChI is InChI=1S/C16H24O5/c1-13(2)20-12(17)16-8-11(19-9-18-4)15(16)7-5-6-10(15)14(16,3)21-13/h10-11H,5-9H2,1-4H3/t10-,11?,14+,15-,16+/m1/s1. The summed E-state index contributed by atoms with van der Waals surface area (Å²) in [5.74, 6) is -0.533. The van der Waals surface area contributed by atoms with E-state index >= 15 is 0 Å². The molecule has 2 spiro atoms. The van der Waals surface area contributed by atoms with Crippen molar-refractivity contribution in [2.45, 2.75) is 63.9 Å². The molecule has 3 aliphatic carbocycles. The lowest BCUT2D eigenvalue weighted by atomic mass is 9.26. The van der Waals surface area contributed by atoms with Crippen LogP contribution in [-0.4, -0.2) is 37.4 Å². The third-order valence-electron chi connectivity index (χ3n) is 6.61. The highest BCUT2D eigenvalue weighted by Crippen LogP contribution is 2.85. The van der Waals surface area contributed by atoms with Gasteiger partial charge in [-0.1, -0.05) is 6.42 Å². The number of hydrogen-bond donors (Lipinski definition) is 0. The predicted octanol–water partition coefficient (Wildman–Crippen LogP) is 2.23. The third-order valence-corrected chi connectivity index (χ3v) is 6.61. The topological polar surface area (TPSA) is 54.0 Å². The fraction of sp³-hybridized carbons (Fsp3) is 0.938. The molecular weight excluding hydrogens is 272 g/mol. The Hall–Kier alpha value is -0.650. The molecule has 4 rings (SSSR count). The maximum Gasteiger partial charge on any atom is 0.318 e. The quantitative estimate of drug-likeness (QED) is 0.590. The van der Waals surface area contributed by atoms with E-state index in [1.54, 1.807) is 7.11 Å². The highest BCUT2D eigenvalue weighted by molar-refractivity contribution is 5.85. The molecule has 0 radical (unpaired) electrons. The molecule has 1 unspecified atom stereocenters. The van der Waals surface area contributed by atoms with Gasteiger partial charge in [-0.2, -0.15) is 0 Å². The molecule has 4 fully saturated rings. The van der Waals surface area contributed by atoms with Gasteiger partial charge in [-0.25, -0.2) is 0 Å². The van der Waals surface area contributed by atoms with E-state index in [0.29, 0.717) is 12.3 Å². The Morgan fingerprint density at radius 1 is 1.33 bits per heavy atom. The average molecular weight is 296 g/mol. The maximum atomic E-state index is 12.8. The maximum absolute atomic E-state index is 12.8. The summed E-state index contributed by atoms with van der Waals surface area (Å²) >= 11 is 0. The lowest BCUT2D eigenvalue weighted by Crippen LogP contribution is -2.90. The van der Waals surface area contributed by atoms with Crippen molar-refractivity contribution < 1.29 is 23.7 Å². The molecule has 0 bridgehead atoms. The van der Waals surface area contributed by atoms with Crippen molar-refractivity contribution >= 4 is 5.97 Å². The molecule has 118 valence electrons. The monoisotopic (exact) mass is 296 g/mol. The molecule has 4 aliphatic rings. The zero-order valence-electron chi connectivity index (χ0n) is 13.2. The summed E-state index contributed by atoms with van der Waals surface area (Å²) in [5, 5.41) is 0. The van der Waals surface area contributed by atoms with Gasteiger partial charge in [0.2, 0.25) is 5.79 Å². The molecule has 0 N–H and O–H groups in total. The molecule has 3 saturated carbocycles. The number of ether oxygens (including phenoxy) is 4. The van der Waals surface area contributed by atoms with E-state index < -0.39 is 16.8 Å². The van der Waals surface area contributed by atoms with Crippen LogP contribution in [0.4, 0.5) is 0 Å². The summed E-state index contributed by atoms with van der Waals surface area (Å²) in [4.78, 5) is 12.8. The minimum Gasteiger partial charge on any atom is -0.433 e. The minimum absolute atomic E-state index is 0.0864. The molecule has 21 heavy (non-hydrogen) atoms. The molecule has 0 aromatic carbocycles. The molecule has 5 atom stereocenters. The van der Waals surface area contributed by atoms with E-state index in [1.165, 1.54) is 0 Å². The van der Waals surface area contributed by atoms with Crippen LogP contribution in [0.1, 0.15) is 46.5 Å². The van der Waals surface area contributed by atoms with Gasteiger partial charge in [0.1, 0.15) is 12.2 Å². The summed E-state index contributed by atoms with van der Waals surface area (Å²) in [6.07, 6.45) is 4.05. The number of hydrogen-bond acceptors (Lipinski definition) is 5. The fourth-order valence-electron chi connectivity index (χ4n) is 6.21. The van der Waals surface area contributed by atoms with Gasteiger partial charge in [0.15, 0.2) is 0 Å². The summed E-state index contributed by atoms with van der Waals surface area (Å²) in [7, 11) is 1.63. The Labute approximate surface area is 125 Å². The first-order valence-corrected chi connectivity index (χ1v) is 7.88. The largest absolute Gasteiger partial charge is 0.433 e. The van der Waals surface area contributed by atoms with E-state index in [1.807, 2.05) is 13.8 Å². The number of fused-ring (bicyclic) bond motifs is 1. The molecule has 1 heterocycles. The van der Waals surface area contributed by atoms with Crippen molar-refractivity contribution in [1.82, 2.24) is 0 Å². The zero-order valence-corrected chi connectivity index (χ0v) is 13.2. The molecule has 5 heteroatoms. The number of methoxy groups -OCH3 is 1. The molecule has 0 aromatic rings. The van der Waals surface area contributed by atoms with Crippen LogP contribution in [0.25, 0.3) is 0 Å². The summed E-state index contributed by atoms with van der Waals surface area (Å²) in [6.45, 7) is 6.05. The molecule has 5 nitrogen and oxygen atoms in total. The lowest BCUT2D eigenvalue weighted by Gasteiger charge is -2.81. The van der Waals surface area contributed by atoms with Crippen LogP contribution in [0.2, 0.25) is 0 Å². The number of cyclic esters (lactones) is 1. The van der Waals surface area contributed by atoms with Crippen LogP contribution >= 0.6 is 0 Å². The highest BCUT2D eigenvalue weighted by atomic mass is 16.7. The van der Waals surface area contributed by atoms with Crippen molar-refractivity contribution in [2.75, 3.05) is 13.9 Å². The summed E-state index contributed by atoms with van der Waals surface area (Å²) in [6, 6.07) is 0. The van der Waals surface area contributed by atoms with E-state index in [9.17, 15) is 4.79 Å². The van der Waals surface area contributed by atoms with Crippen LogP contribution in [0, 0.1) is 16.7 Å². The molecule has 0 amide bonds. The van der Waals surface area contributed by atoms with Gasteiger partial charge < -0.3 is 18.9 Å². The van der Waals surface area contributed by atoms with E-state index in [2.05, 4.69) is 6.92 Å². The lowest BCUT2D eigenvalue weighted by molar-refractivity contribution is -0.463. The Balaban J connectivity index is 1.72. The second-order valence-electron chi connectivity index (χ2n) is 7.65. The summed E-state index contributed by atoms with van der Waals surface area (Å²) in [5.41, 5.74) is -1.00. The second kappa shape index (κ2) is 3.81. The van der Waals surface area contributed by atoms with Gasteiger partial charge >= 0.3 is 5.97 Å². The fourth-order valence-corrected chi connectivity index (χ4v) is 6.21. The summed E-state index contributed by atoms with van der Waals surface area (Å²) < 4.78 is 22.8.